The van der Waals surface area contributed by atoms with Gasteiger partial charge >= 0.3 is 0 Å². The zero-order valence-corrected chi connectivity index (χ0v) is 16.4. The molecule has 3 rings (SSSR count). The number of methoxy groups -OCH3 is 1. The van der Waals surface area contributed by atoms with Crippen LogP contribution >= 0.6 is 11.6 Å². The fourth-order valence-electron chi connectivity index (χ4n) is 3.34. The summed E-state index contributed by atoms with van der Waals surface area (Å²) in [7, 11) is 1.49. The number of benzene rings is 1. The molecular weight excluding hydrogens is 406 g/mol. The molecule has 1 aliphatic heterocycles. The molecule has 5 N–H and O–H groups in total. The quantitative estimate of drug-likeness (QED) is 0.476. The number of nitrogens with zero attached hydrogens (tertiary/aromatic N) is 3. The SMILES string of the molecule is COC1CN(c2cn[nH]c(=O)c2Cl)CC(N)=C1N(N)Cc1ccccc1C(F)F. The molecular formula is C18H21ClF2N6O2. The van der Waals surface area contributed by atoms with E-state index in [1.165, 1.54) is 24.4 Å². The normalized spacial score (nSPS) is 17.2. The second-order valence-electron chi connectivity index (χ2n) is 6.54. The molecule has 0 saturated heterocycles. The second kappa shape index (κ2) is 8.76. The van der Waals surface area contributed by atoms with Crippen LogP contribution < -0.4 is 22.0 Å². The molecule has 1 aromatic heterocycles. The van der Waals surface area contributed by atoms with Crippen LogP contribution in [0.25, 0.3) is 0 Å². The average molecular weight is 427 g/mol. The van der Waals surface area contributed by atoms with Crippen molar-refractivity contribution in [2.75, 3.05) is 25.1 Å². The third-order valence-corrected chi connectivity index (χ3v) is 5.09. The van der Waals surface area contributed by atoms with Gasteiger partial charge in [-0.3, -0.25) is 4.79 Å². The maximum absolute atomic E-state index is 13.3. The van der Waals surface area contributed by atoms with Gasteiger partial charge in [-0.1, -0.05) is 35.9 Å². The zero-order chi connectivity index (χ0) is 21.1. The van der Waals surface area contributed by atoms with Crippen LogP contribution in [0.2, 0.25) is 5.02 Å². The number of anilines is 1. The minimum atomic E-state index is -2.61. The number of rotatable bonds is 6. The van der Waals surface area contributed by atoms with E-state index in [1.54, 1.807) is 23.1 Å². The molecule has 2 aromatic rings. The summed E-state index contributed by atoms with van der Waals surface area (Å²) in [5.74, 6) is 6.20. The van der Waals surface area contributed by atoms with E-state index in [4.69, 9.17) is 27.9 Å². The molecule has 0 saturated carbocycles. The molecule has 156 valence electrons. The number of nitrogens with two attached hydrogens (primary N) is 2. The maximum atomic E-state index is 13.3. The Morgan fingerprint density at radius 2 is 2.17 bits per heavy atom. The van der Waals surface area contributed by atoms with E-state index >= 15 is 0 Å². The van der Waals surface area contributed by atoms with Gasteiger partial charge in [0.05, 0.1) is 42.9 Å². The lowest BCUT2D eigenvalue weighted by Gasteiger charge is -2.39. The van der Waals surface area contributed by atoms with Gasteiger partial charge in [0, 0.05) is 12.7 Å². The van der Waals surface area contributed by atoms with Gasteiger partial charge in [-0.25, -0.2) is 19.7 Å². The van der Waals surface area contributed by atoms with Crippen molar-refractivity contribution >= 4 is 17.3 Å². The molecule has 0 amide bonds. The number of aromatic nitrogens is 2. The summed E-state index contributed by atoms with van der Waals surface area (Å²) in [5, 5.41) is 7.33. The summed E-state index contributed by atoms with van der Waals surface area (Å²) in [4.78, 5) is 13.5. The average Bonchev–Trinajstić information content (AvgIpc) is 2.69. The fraction of sp³-hybridized carbons (Fsp3) is 0.333. The van der Waals surface area contributed by atoms with Gasteiger partial charge in [-0.05, 0) is 5.56 Å². The molecule has 8 nitrogen and oxygen atoms in total. The highest BCUT2D eigenvalue weighted by Gasteiger charge is 2.31. The highest BCUT2D eigenvalue weighted by Crippen LogP contribution is 2.29. The van der Waals surface area contributed by atoms with Crippen LogP contribution in [0.3, 0.4) is 0 Å². The van der Waals surface area contributed by atoms with Gasteiger partial charge in [0.2, 0.25) is 0 Å². The second-order valence-corrected chi connectivity index (χ2v) is 6.92. The Morgan fingerprint density at radius 1 is 1.45 bits per heavy atom. The van der Waals surface area contributed by atoms with E-state index in [9.17, 15) is 13.6 Å². The highest BCUT2D eigenvalue weighted by atomic mass is 35.5. The van der Waals surface area contributed by atoms with Crippen molar-refractivity contribution in [2.45, 2.75) is 19.1 Å². The summed E-state index contributed by atoms with van der Waals surface area (Å²) < 4.78 is 32.1. The lowest BCUT2D eigenvalue weighted by molar-refractivity contribution is 0.0969. The summed E-state index contributed by atoms with van der Waals surface area (Å²) in [6.45, 7) is 0.537. The minimum Gasteiger partial charge on any atom is -0.399 e. The molecule has 1 aromatic carbocycles. The van der Waals surface area contributed by atoms with Gasteiger partial charge in [-0.2, -0.15) is 5.10 Å². The van der Waals surface area contributed by atoms with Crippen LogP contribution in [-0.2, 0) is 11.3 Å². The molecule has 0 radical (unpaired) electrons. The third-order valence-electron chi connectivity index (χ3n) is 4.72. The van der Waals surface area contributed by atoms with Gasteiger partial charge in [0.15, 0.2) is 0 Å². The Labute approximate surface area is 170 Å². The Balaban J connectivity index is 1.89. The first-order valence-corrected chi connectivity index (χ1v) is 9.08. The van der Waals surface area contributed by atoms with Crippen LogP contribution in [0.1, 0.15) is 17.6 Å². The first-order chi connectivity index (χ1) is 13.8. The van der Waals surface area contributed by atoms with Gasteiger partial charge in [0.25, 0.3) is 12.0 Å². The standard InChI is InChI=1S/C18H21ClF2N6O2/c1-29-14-9-26(13-6-24-25-18(28)15(13)19)8-12(22)16(14)27(23)7-10-4-2-3-5-11(10)17(20)21/h2-6,14,17H,7-9,22-23H2,1H3,(H,25,28). The van der Waals surface area contributed by atoms with Crippen molar-refractivity contribution in [3.63, 3.8) is 0 Å². The van der Waals surface area contributed by atoms with Crippen molar-refractivity contribution in [3.05, 3.63) is 68.4 Å². The summed E-state index contributed by atoms with van der Waals surface area (Å²) >= 11 is 6.09. The monoisotopic (exact) mass is 426 g/mol. The molecule has 2 heterocycles. The number of H-pyrrole nitrogens is 1. The smallest absolute Gasteiger partial charge is 0.285 e. The number of alkyl halides is 2. The van der Waals surface area contributed by atoms with Crippen LogP contribution in [0.5, 0.6) is 0 Å². The van der Waals surface area contributed by atoms with Crippen molar-refractivity contribution in [1.29, 1.82) is 0 Å². The van der Waals surface area contributed by atoms with E-state index in [1.807, 2.05) is 0 Å². The van der Waals surface area contributed by atoms with E-state index < -0.39 is 18.1 Å². The highest BCUT2D eigenvalue weighted by molar-refractivity contribution is 6.33. The molecule has 1 aliphatic rings. The van der Waals surface area contributed by atoms with E-state index in [0.29, 0.717) is 29.2 Å². The van der Waals surface area contributed by atoms with Crippen molar-refractivity contribution in [3.8, 4) is 0 Å². The van der Waals surface area contributed by atoms with Crippen molar-refractivity contribution in [2.24, 2.45) is 11.6 Å². The summed E-state index contributed by atoms with van der Waals surface area (Å²) in [6.07, 6.45) is -1.76. The largest absolute Gasteiger partial charge is 0.399 e. The maximum Gasteiger partial charge on any atom is 0.285 e. The molecule has 1 unspecified atom stereocenters. The molecule has 0 spiro atoms. The molecule has 1 atom stereocenters. The molecule has 11 heteroatoms. The number of hydrazine groups is 1. The van der Waals surface area contributed by atoms with Crippen molar-refractivity contribution in [1.82, 2.24) is 15.2 Å². The predicted octanol–water partition coefficient (Wildman–Crippen LogP) is 1.74. The lowest BCUT2D eigenvalue weighted by Crippen LogP contribution is -2.50. The number of hydrogen-bond acceptors (Lipinski definition) is 7. The topological polar surface area (TPSA) is 113 Å². The van der Waals surface area contributed by atoms with Gasteiger partial charge < -0.3 is 20.4 Å². The number of ether oxygens (including phenoxy) is 1. The number of halogens is 3. The van der Waals surface area contributed by atoms with Crippen LogP contribution in [0.15, 0.2) is 46.7 Å². The summed E-state index contributed by atoms with van der Waals surface area (Å²) in [6, 6.07) is 6.18. The zero-order valence-electron chi connectivity index (χ0n) is 15.6. The molecule has 0 aliphatic carbocycles. The van der Waals surface area contributed by atoms with Crippen LogP contribution in [-0.4, -0.2) is 41.5 Å². The molecule has 29 heavy (non-hydrogen) atoms. The Kier molecular flexibility index (Phi) is 6.36. The van der Waals surface area contributed by atoms with E-state index in [0.717, 1.165) is 0 Å². The Hall–Kier alpha value is -2.69. The van der Waals surface area contributed by atoms with E-state index in [2.05, 4.69) is 10.2 Å². The summed E-state index contributed by atoms with van der Waals surface area (Å²) in [5.41, 5.74) is 7.31. The van der Waals surface area contributed by atoms with Gasteiger partial charge in [0.1, 0.15) is 11.1 Å². The third kappa shape index (κ3) is 4.34. The number of nitrogens with one attached hydrogen (secondary N) is 1. The Morgan fingerprint density at radius 3 is 2.86 bits per heavy atom. The fourth-order valence-corrected chi connectivity index (χ4v) is 3.55. The molecule has 0 bridgehead atoms. The van der Waals surface area contributed by atoms with Gasteiger partial charge in [-0.15, -0.1) is 0 Å². The number of aromatic amines is 1. The Bertz CT molecular complexity index is 967. The molecule has 0 fully saturated rings. The van der Waals surface area contributed by atoms with E-state index in [-0.39, 0.29) is 23.7 Å². The van der Waals surface area contributed by atoms with Crippen molar-refractivity contribution < 1.29 is 13.5 Å². The predicted molar refractivity (Wildman–Crippen MR) is 105 cm³/mol. The van der Waals surface area contributed by atoms with Crippen LogP contribution in [0, 0.1) is 0 Å². The minimum absolute atomic E-state index is 0.0124. The first-order valence-electron chi connectivity index (χ1n) is 8.71. The van der Waals surface area contributed by atoms with Crippen LogP contribution in [0.4, 0.5) is 14.5 Å². The lowest BCUT2D eigenvalue weighted by atomic mass is 10.0. The number of hydrogen-bond donors (Lipinski definition) is 3. The first kappa shape index (κ1) is 21.0.